The molecule has 2 aliphatic rings. The molecule has 1 N–H and O–H groups in total. The highest BCUT2D eigenvalue weighted by Gasteiger charge is 2.37. The lowest BCUT2D eigenvalue weighted by Gasteiger charge is -2.30. The van der Waals surface area contributed by atoms with E-state index in [4.69, 9.17) is 4.74 Å². The van der Waals surface area contributed by atoms with Crippen molar-refractivity contribution in [3.05, 3.63) is 72.5 Å². The first-order valence-corrected chi connectivity index (χ1v) is 11.4. The van der Waals surface area contributed by atoms with E-state index in [-0.39, 0.29) is 23.5 Å². The van der Waals surface area contributed by atoms with E-state index in [9.17, 15) is 17.6 Å². The number of hydrogen-bond donors (Lipinski definition) is 1. The fraction of sp³-hybridized carbons (Fsp3) is 0.174. The zero-order valence-electron chi connectivity index (χ0n) is 16.4. The summed E-state index contributed by atoms with van der Waals surface area (Å²) < 4.78 is 46.5. The van der Waals surface area contributed by atoms with Crippen LogP contribution in [-0.2, 0) is 14.8 Å². The third-order valence-electron chi connectivity index (χ3n) is 5.32. The average Bonchev–Trinajstić information content (AvgIpc) is 3.58. The molecule has 1 aliphatic heterocycles. The second kappa shape index (κ2) is 7.39. The van der Waals surface area contributed by atoms with Crippen molar-refractivity contribution in [1.82, 2.24) is 0 Å². The molecule has 0 radical (unpaired) electrons. The maximum Gasteiger partial charge on any atom is 0.265 e. The van der Waals surface area contributed by atoms with Gasteiger partial charge < -0.3 is 9.64 Å². The third kappa shape index (κ3) is 3.86. The van der Waals surface area contributed by atoms with Crippen LogP contribution in [0.5, 0.6) is 5.75 Å². The summed E-state index contributed by atoms with van der Waals surface area (Å²) in [6.45, 7) is 0.0451. The van der Waals surface area contributed by atoms with Crippen LogP contribution in [0.15, 0.2) is 71.6 Å². The number of benzene rings is 3. The largest absolute Gasteiger partial charge is 0.482 e. The Kier molecular flexibility index (Phi) is 4.66. The first-order chi connectivity index (χ1) is 14.9. The van der Waals surface area contributed by atoms with Gasteiger partial charge in [0.2, 0.25) is 0 Å². The van der Waals surface area contributed by atoms with Gasteiger partial charge in [0.1, 0.15) is 11.6 Å². The molecule has 3 aromatic carbocycles. The molecule has 6 nitrogen and oxygen atoms in total. The molecular formula is C23H19FN2O4S. The van der Waals surface area contributed by atoms with E-state index < -0.39 is 15.8 Å². The van der Waals surface area contributed by atoms with Crippen LogP contribution in [0.25, 0.3) is 11.1 Å². The van der Waals surface area contributed by atoms with Gasteiger partial charge in [-0.1, -0.05) is 18.2 Å². The van der Waals surface area contributed by atoms with Gasteiger partial charge >= 0.3 is 0 Å². The molecule has 3 aromatic rings. The molecule has 158 valence electrons. The van der Waals surface area contributed by atoms with E-state index in [0.717, 1.165) is 41.8 Å². The predicted molar refractivity (Wildman–Crippen MR) is 115 cm³/mol. The summed E-state index contributed by atoms with van der Waals surface area (Å²) in [6, 6.07) is 17.5. The molecule has 0 spiro atoms. The van der Waals surface area contributed by atoms with Gasteiger partial charge in [-0.2, -0.15) is 0 Å². The summed E-state index contributed by atoms with van der Waals surface area (Å²) in [5, 5.41) is 0. The Bertz CT molecular complexity index is 1270. The standard InChI is InChI=1S/C23H19FN2O4S/c24-17-5-9-20(10-6-17)31(28,29)25-18-3-1-2-15(12-18)16-4-11-22-21(13-16)26(19-7-8-19)23(27)14-30-22/h1-6,9-13,19,25H,7-8,14H2. The van der Waals surface area contributed by atoms with Crippen LogP contribution in [-0.4, -0.2) is 27.0 Å². The number of hydrogen-bond acceptors (Lipinski definition) is 4. The molecule has 5 rings (SSSR count). The second-order valence-corrected chi connectivity index (χ2v) is 9.29. The lowest BCUT2D eigenvalue weighted by atomic mass is 10.0. The van der Waals surface area contributed by atoms with Gasteiger partial charge in [0.15, 0.2) is 6.61 Å². The topological polar surface area (TPSA) is 75.7 Å². The predicted octanol–water partition coefficient (Wildman–Crippen LogP) is 4.18. The number of amides is 1. The van der Waals surface area contributed by atoms with E-state index in [1.807, 2.05) is 29.2 Å². The number of nitrogens with zero attached hydrogens (tertiary/aromatic N) is 1. The highest BCUT2D eigenvalue weighted by atomic mass is 32.2. The highest BCUT2D eigenvalue weighted by Crippen LogP contribution is 2.42. The van der Waals surface area contributed by atoms with Crippen LogP contribution in [0.4, 0.5) is 15.8 Å². The number of sulfonamides is 1. The molecule has 0 saturated heterocycles. The summed E-state index contributed by atoms with van der Waals surface area (Å²) in [7, 11) is -3.85. The number of rotatable bonds is 5. The van der Waals surface area contributed by atoms with Crippen LogP contribution >= 0.6 is 0 Å². The van der Waals surface area contributed by atoms with Crippen LogP contribution in [0, 0.1) is 5.82 Å². The van der Waals surface area contributed by atoms with Crippen LogP contribution in [0.1, 0.15) is 12.8 Å². The number of fused-ring (bicyclic) bond motifs is 1. The fourth-order valence-electron chi connectivity index (χ4n) is 3.67. The third-order valence-corrected chi connectivity index (χ3v) is 6.72. The van der Waals surface area contributed by atoms with E-state index >= 15 is 0 Å². The quantitative estimate of drug-likeness (QED) is 0.648. The van der Waals surface area contributed by atoms with Crippen LogP contribution in [0.2, 0.25) is 0 Å². The van der Waals surface area contributed by atoms with Crippen molar-refractivity contribution < 1.29 is 22.3 Å². The molecule has 31 heavy (non-hydrogen) atoms. The lowest BCUT2D eigenvalue weighted by molar-refractivity contribution is -0.121. The van der Waals surface area contributed by atoms with Crippen molar-refractivity contribution in [3.8, 4) is 16.9 Å². The minimum absolute atomic E-state index is 0.0242. The van der Waals surface area contributed by atoms with Gasteiger partial charge in [-0.15, -0.1) is 0 Å². The van der Waals surface area contributed by atoms with Crippen molar-refractivity contribution >= 4 is 27.3 Å². The van der Waals surface area contributed by atoms with E-state index in [0.29, 0.717) is 11.4 Å². The molecule has 0 atom stereocenters. The Labute approximate surface area is 179 Å². The minimum Gasteiger partial charge on any atom is -0.482 e. The number of nitrogens with one attached hydrogen (secondary N) is 1. The molecule has 0 aromatic heterocycles. The monoisotopic (exact) mass is 438 g/mol. The van der Waals surface area contributed by atoms with E-state index in [2.05, 4.69) is 4.72 Å². The Morgan fingerprint density at radius 2 is 1.71 bits per heavy atom. The summed E-state index contributed by atoms with van der Waals surface area (Å²) in [5.74, 6) is 0.118. The summed E-state index contributed by atoms with van der Waals surface area (Å²) in [5.41, 5.74) is 2.75. The number of anilines is 2. The highest BCUT2D eigenvalue weighted by molar-refractivity contribution is 7.92. The van der Waals surface area contributed by atoms with E-state index in [1.165, 1.54) is 12.1 Å². The molecule has 0 unspecified atom stereocenters. The van der Waals surface area contributed by atoms with Crippen molar-refractivity contribution in [2.75, 3.05) is 16.2 Å². The number of halogens is 1. The van der Waals surface area contributed by atoms with Crippen molar-refractivity contribution in [2.24, 2.45) is 0 Å². The fourth-order valence-corrected chi connectivity index (χ4v) is 4.72. The van der Waals surface area contributed by atoms with Crippen molar-refractivity contribution in [3.63, 3.8) is 0 Å². The Balaban J connectivity index is 1.46. The molecule has 1 heterocycles. The summed E-state index contributed by atoms with van der Waals surface area (Å²) >= 11 is 0. The molecule has 8 heteroatoms. The Morgan fingerprint density at radius 3 is 2.45 bits per heavy atom. The van der Waals surface area contributed by atoms with Gasteiger partial charge in [0.05, 0.1) is 10.6 Å². The van der Waals surface area contributed by atoms with Crippen LogP contribution in [0.3, 0.4) is 0 Å². The normalized spacial score (nSPS) is 15.9. The summed E-state index contributed by atoms with van der Waals surface area (Å²) in [6.07, 6.45) is 1.96. The first kappa shape index (κ1) is 19.6. The van der Waals surface area contributed by atoms with Crippen LogP contribution < -0.4 is 14.4 Å². The smallest absolute Gasteiger partial charge is 0.265 e. The zero-order valence-corrected chi connectivity index (χ0v) is 17.2. The van der Waals surface area contributed by atoms with Gasteiger partial charge in [-0.3, -0.25) is 9.52 Å². The van der Waals surface area contributed by atoms with Crippen molar-refractivity contribution in [1.29, 1.82) is 0 Å². The Hall–Kier alpha value is -3.39. The number of carbonyl (C=O) groups excluding carboxylic acids is 1. The lowest BCUT2D eigenvalue weighted by Crippen LogP contribution is -2.40. The SMILES string of the molecule is O=C1COc2ccc(-c3cccc(NS(=O)(=O)c4ccc(F)cc4)c3)cc2N1C1CC1. The van der Waals surface area contributed by atoms with Crippen molar-refractivity contribution in [2.45, 2.75) is 23.8 Å². The minimum atomic E-state index is -3.85. The average molecular weight is 438 g/mol. The van der Waals surface area contributed by atoms with E-state index in [1.54, 1.807) is 18.2 Å². The van der Waals surface area contributed by atoms with Gasteiger partial charge in [0.25, 0.3) is 15.9 Å². The molecule has 0 bridgehead atoms. The number of ether oxygens (including phenoxy) is 1. The molecule has 1 fully saturated rings. The molecule has 1 amide bonds. The molecular weight excluding hydrogens is 419 g/mol. The zero-order chi connectivity index (χ0) is 21.6. The maximum absolute atomic E-state index is 13.1. The van der Waals surface area contributed by atoms with Gasteiger partial charge in [-0.25, -0.2) is 12.8 Å². The molecule has 1 saturated carbocycles. The van der Waals surface area contributed by atoms with Gasteiger partial charge in [-0.05, 0) is 72.5 Å². The molecule has 1 aliphatic carbocycles. The Morgan fingerprint density at radius 1 is 0.968 bits per heavy atom. The second-order valence-electron chi connectivity index (χ2n) is 7.61. The maximum atomic E-state index is 13.1. The summed E-state index contributed by atoms with van der Waals surface area (Å²) in [4.78, 5) is 14.1. The number of carbonyl (C=O) groups is 1. The van der Waals surface area contributed by atoms with Gasteiger partial charge in [0, 0.05) is 11.7 Å². The first-order valence-electron chi connectivity index (χ1n) is 9.88.